The summed E-state index contributed by atoms with van der Waals surface area (Å²) in [6.45, 7) is 2.84. The van der Waals surface area contributed by atoms with E-state index in [0.717, 1.165) is 37.1 Å². The zero-order chi connectivity index (χ0) is 12.1. The first-order valence-corrected chi connectivity index (χ1v) is 5.86. The van der Waals surface area contributed by atoms with Gasteiger partial charge >= 0.3 is 5.69 Å². The van der Waals surface area contributed by atoms with Gasteiger partial charge in [0.25, 0.3) is 0 Å². The van der Waals surface area contributed by atoms with Crippen LogP contribution >= 0.6 is 0 Å². The molecule has 92 valence electrons. The fraction of sp³-hybridized carbons (Fsp3) is 0.417. The van der Waals surface area contributed by atoms with Gasteiger partial charge in [-0.3, -0.25) is 0 Å². The Morgan fingerprint density at radius 1 is 1.18 bits per heavy atom. The van der Waals surface area contributed by atoms with Crippen LogP contribution in [-0.4, -0.2) is 30.1 Å². The van der Waals surface area contributed by atoms with Crippen LogP contribution in [0.15, 0.2) is 23.0 Å². The lowest BCUT2D eigenvalue weighted by Gasteiger charge is -2.04. The molecule has 5 nitrogen and oxygen atoms in total. The summed E-state index contributed by atoms with van der Waals surface area (Å²) in [5.74, 6) is 0. The first kappa shape index (κ1) is 11.9. The highest BCUT2D eigenvalue weighted by atomic mass is 16.1. The molecule has 0 atom stereocenters. The van der Waals surface area contributed by atoms with Crippen molar-refractivity contribution < 1.29 is 0 Å². The molecular formula is C12H18N4O. The van der Waals surface area contributed by atoms with E-state index in [1.807, 2.05) is 25.2 Å². The van der Waals surface area contributed by atoms with Crippen LogP contribution in [0.4, 0.5) is 0 Å². The highest BCUT2D eigenvalue weighted by Gasteiger charge is 1.99. The van der Waals surface area contributed by atoms with Crippen molar-refractivity contribution in [2.45, 2.75) is 13.0 Å². The molecule has 4 N–H and O–H groups in total. The summed E-state index contributed by atoms with van der Waals surface area (Å²) in [5, 5.41) is 6.48. The molecule has 0 amide bonds. The van der Waals surface area contributed by atoms with Crippen LogP contribution in [0.25, 0.3) is 11.0 Å². The number of rotatable bonds is 6. The van der Waals surface area contributed by atoms with E-state index in [-0.39, 0.29) is 5.69 Å². The molecule has 0 aliphatic heterocycles. The van der Waals surface area contributed by atoms with Crippen LogP contribution < -0.4 is 16.3 Å². The van der Waals surface area contributed by atoms with Crippen molar-refractivity contribution in [3.05, 3.63) is 34.2 Å². The van der Waals surface area contributed by atoms with Crippen LogP contribution in [0.2, 0.25) is 0 Å². The summed E-state index contributed by atoms with van der Waals surface area (Å²) in [4.78, 5) is 16.6. The van der Waals surface area contributed by atoms with Gasteiger partial charge in [-0.05, 0) is 44.3 Å². The van der Waals surface area contributed by atoms with Gasteiger partial charge in [-0.15, -0.1) is 0 Å². The number of hydrogen-bond acceptors (Lipinski definition) is 3. The van der Waals surface area contributed by atoms with Gasteiger partial charge in [-0.2, -0.15) is 0 Å². The van der Waals surface area contributed by atoms with Crippen molar-refractivity contribution in [2.24, 2.45) is 0 Å². The molecule has 0 saturated carbocycles. The second-order valence-electron chi connectivity index (χ2n) is 4.09. The lowest BCUT2D eigenvalue weighted by Crippen LogP contribution is -2.19. The minimum Gasteiger partial charge on any atom is -0.320 e. The zero-order valence-corrected chi connectivity index (χ0v) is 9.97. The summed E-state index contributed by atoms with van der Waals surface area (Å²) in [6.07, 6.45) is 1.11. The lowest BCUT2D eigenvalue weighted by atomic mass is 10.2. The molecule has 2 aromatic rings. The molecule has 0 spiro atoms. The molecule has 1 heterocycles. The van der Waals surface area contributed by atoms with Gasteiger partial charge < -0.3 is 20.6 Å². The number of aromatic amines is 2. The number of H-pyrrole nitrogens is 2. The first-order chi connectivity index (χ1) is 8.29. The molecule has 17 heavy (non-hydrogen) atoms. The van der Waals surface area contributed by atoms with Crippen molar-refractivity contribution >= 4 is 11.0 Å². The van der Waals surface area contributed by atoms with Crippen molar-refractivity contribution in [3.63, 3.8) is 0 Å². The van der Waals surface area contributed by atoms with Gasteiger partial charge in [0, 0.05) is 6.54 Å². The maximum Gasteiger partial charge on any atom is 0.323 e. The van der Waals surface area contributed by atoms with Gasteiger partial charge in [-0.25, -0.2) is 4.79 Å². The van der Waals surface area contributed by atoms with Gasteiger partial charge in [0.05, 0.1) is 11.0 Å². The molecule has 0 saturated heterocycles. The molecule has 0 aliphatic rings. The zero-order valence-electron chi connectivity index (χ0n) is 9.97. The smallest absolute Gasteiger partial charge is 0.320 e. The molecule has 1 aromatic carbocycles. The number of nitrogens with one attached hydrogen (secondary N) is 4. The van der Waals surface area contributed by atoms with E-state index in [0.29, 0.717) is 0 Å². The van der Waals surface area contributed by atoms with Crippen molar-refractivity contribution in [2.75, 3.05) is 20.1 Å². The number of imidazole rings is 1. The maximum atomic E-state index is 11.1. The molecule has 5 heteroatoms. The third kappa shape index (κ3) is 3.18. The monoisotopic (exact) mass is 234 g/mol. The third-order valence-corrected chi connectivity index (χ3v) is 2.69. The van der Waals surface area contributed by atoms with Crippen molar-refractivity contribution in [3.8, 4) is 0 Å². The molecule has 0 aliphatic carbocycles. The number of hydrogen-bond donors (Lipinski definition) is 4. The Kier molecular flexibility index (Phi) is 3.95. The summed E-state index contributed by atoms with van der Waals surface area (Å²) in [7, 11) is 1.95. The van der Waals surface area contributed by atoms with E-state index in [1.54, 1.807) is 0 Å². The Morgan fingerprint density at radius 3 is 2.82 bits per heavy atom. The average molecular weight is 234 g/mol. The number of aromatic nitrogens is 2. The van der Waals surface area contributed by atoms with E-state index in [2.05, 4.69) is 20.6 Å². The van der Waals surface area contributed by atoms with Crippen LogP contribution in [0.5, 0.6) is 0 Å². The Hall–Kier alpha value is -1.59. The van der Waals surface area contributed by atoms with E-state index < -0.39 is 0 Å². The summed E-state index contributed by atoms with van der Waals surface area (Å²) in [6, 6.07) is 5.95. The second-order valence-corrected chi connectivity index (χ2v) is 4.09. The van der Waals surface area contributed by atoms with Crippen LogP contribution in [0.1, 0.15) is 12.0 Å². The Labute approximate surface area is 99.6 Å². The number of fused-ring (bicyclic) bond motifs is 1. The van der Waals surface area contributed by atoms with Gasteiger partial charge in [-0.1, -0.05) is 6.07 Å². The molecule has 1 aromatic heterocycles. The normalized spacial score (nSPS) is 11.1. The quantitative estimate of drug-likeness (QED) is 0.552. The van der Waals surface area contributed by atoms with Crippen LogP contribution in [0, 0.1) is 0 Å². The van der Waals surface area contributed by atoms with Crippen LogP contribution in [0.3, 0.4) is 0 Å². The fourth-order valence-corrected chi connectivity index (χ4v) is 1.81. The summed E-state index contributed by atoms with van der Waals surface area (Å²) in [5.41, 5.74) is 2.75. The second kappa shape index (κ2) is 5.65. The molecule has 0 fully saturated rings. The van der Waals surface area contributed by atoms with E-state index >= 15 is 0 Å². The number of benzene rings is 1. The minimum atomic E-state index is -0.154. The van der Waals surface area contributed by atoms with E-state index in [9.17, 15) is 4.79 Å². The van der Waals surface area contributed by atoms with Gasteiger partial charge in [0.15, 0.2) is 0 Å². The fourth-order valence-electron chi connectivity index (χ4n) is 1.81. The van der Waals surface area contributed by atoms with Crippen molar-refractivity contribution in [1.29, 1.82) is 0 Å². The summed E-state index contributed by atoms with van der Waals surface area (Å²) < 4.78 is 0. The maximum absolute atomic E-state index is 11.1. The minimum absolute atomic E-state index is 0.154. The predicted molar refractivity (Wildman–Crippen MR) is 69.2 cm³/mol. The molecule has 2 rings (SSSR count). The van der Waals surface area contributed by atoms with Crippen molar-refractivity contribution in [1.82, 2.24) is 20.6 Å². The molecule has 0 bridgehead atoms. The average Bonchev–Trinajstić information content (AvgIpc) is 2.68. The molecule has 0 unspecified atom stereocenters. The Bertz CT molecular complexity index is 529. The largest absolute Gasteiger partial charge is 0.323 e. The lowest BCUT2D eigenvalue weighted by molar-refractivity contribution is 0.625. The third-order valence-electron chi connectivity index (χ3n) is 2.69. The predicted octanol–water partition coefficient (Wildman–Crippen LogP) is 0.555. The van der Waals surface area contributed by atoms with Crippen LogP contribution in [-0.2, 0) is 6.54 Å². The topological polar surface area (TPSA) is 72.7 Å². The molecular weight excluding hydrogens is 216 g/mol. The highest BCUT2D eigenvalue weighted by Crippen LogP contribution is 2.09. The Morgan fingerprint density at radius 2 is 2.00 bits per heavy atom. The Balaban J connectivity index is 1.92. The van der Waals surface area contributed by atoms with E-state index in [4.69, 9.17) is 0 Å². The van der Waals surface area contributed by atoms with Gasteiger partial charge in [0.2, 0.25) is 0 Å². The molecule has 0 radical (unpaired) electrons. The SMILES string of the molecule is CNCCCNCc1ccc2[nH]c(=O)[nH]c2c1. The highest BCUT2D eigenvalue weighted by molar-refractivity contribution is 5.74. The standard InChI is InChI=1S/C12H18N4O/c1-13-5-2-6-14-8-9-3-4-10-11(7-9)16-12(17)15-10/h3-4,7,13-14H,2,5-6,8H2,1H3,(H2,15,16,17). The summed E-state index contributed by atoms with van der Waals surface area (Å²) >= 11 is 0. The first-order valence-electron chi connectivity index (χ1n) is 5.86. The van der Waals surface area contributed by atoms with E-state index in [1.165, 1.54) is 5.56 Å². The van der Waals surface area contributed by atoms with Gasteiger partial charge in [0.1, 0.15) is 0 Å².